The second-order valence-electron chi connectivity index (χ2n) is 6.95. The van der Waals surface area contributed by atoms with E-state index in [2.05, 4.69) is 10.3 Å². The zero-order valence-electron chi connectivity index (χ0n) is 17.7. The third-order valence-corrected chi connectivity index (χ3v) is 4.52. The first-order valence-electron chi connectivity index (χ1n) is 9.66. The normalized spacial score (nSPS) is 11.2. The Hall–Kier alpha value is -3.25. The van der Waals surface area contributed by atoms with Gasteiger partial charge in [-0.25, -0.2) is 4.39 Å². The number of aldehydes is 1. The van der Waals surface area contributed by atoms with Gasteiger partial charge in [0.05, 0.1) is 5.56 Å². The number of pyridine rings is 1. The standard InChI is InChI=1S/C15H13FO2.C9H14N2O/c1-11(18-14-5-3-2-4-6-14)12-7-8-13(10-17)15(16)9-12;1-6-4-7(2)11-9(12)8(6)5-10-3/h2-11H,1H3;4,10H,5H2,1-3H3,(H,11,12). The Balaban J connectivity index is 0.000000232. The Morgan fingerprint density at radius 2 is 1.83 bits per heavy atom. The van der Waals surface area contributed by atoms with Crippen LogP contribution in [0.3, 0.4) is 0 Å². The minimum absolute atomic E-state index is 0.0156. The zero-order valence-corrected chi connectivity index (χ0v) is 17.7. The summed E-state index contributed by atoms with van der Waals surface area (Å²) in [6.45, 7) is 6.30. The van der Waals surface area contributed by atoms with E-state index in [-0.39, 0.29) is 17.2 Å². The lowest BCUT2D eigenvalue weighted by Gasteiger charge is -2.15. The van der Waals surface area contributed by atoms with Crippen LogP contribution in [0.2, 0.25) is 0 Å². The minimum Gasteiger partial charge on any atom is -0.486 e. The van der Waals surface area contributed by atoms with E-state index in [1.807, 2.05) is 64.2 Å². The molecule has 0 aliphatic rings. The molecule has 1 heterocycles. The number of H-pyrrole nitrogens is 1. The van der Waals surface area contributed by atoms with Crippen molar-refractivity contribution in [2.24, 2.45) is 0 Å². The molecular weight excluding hydrogens is 383 g/mol. The van der Waals surface area contributed by atoms with Gasteiger partial charge in [-0.05, 0) is 69.3 Å². The number of hydrogen-bond donors (Lipinski definition) is 2. The summed E-state index contributed by atoms with van der Waals surface area (Å²) in [6.07, 6.45) is 0.226. The summed E-state index contributed by atoms with van der Waals surface area (Å²) in [6, 6.07) is 15.8. The van der Waals surface area contributed by atoms with Gasteiger partial charge in [0.2, 0.25) is 0 Å². The first kappa shape index (κ1) is 23.0. The topological polar surface area (TPSA) is 71.2 Å². The molecule has 0 bridgehead atoms. The molecule has 2 aromatic carbocycles. The lowest BCUT2D eigenvalue weighted by Crippen LogP contribution is -2.20. The molecule has 0 saturated heterocycles. The summed E-state index contributed by atoms with van der Waals surface area (Å²) in [7, 11) is 1.83. The molecule has 0 fully saturated rings. The average Bonchev–Trinajstić information content (AvgIpc) is 2.72. The second-order valence-corrected chi connectivity index (χ2v) is 6.95. The number of aromatic nitrogens is 1. The largest absolute Gasteiger partial charge is 0.486 e. The fraction of sp³-hybridized carbons (Fsp3) is 0.250. The van der Waals surface area contributed by atoms with Gasteiger partial charge in [-0.2, -0.15) is 0 Å². The maximum atomic E-state index is 13.5. The lowest BCUT2D eigenvalue weighted by molar-refractivity contribution is 0.111. The average molecular weight is 410 g/mol. The van der Waals surface area contributed by atoms with Crippen LogP contribution in [0, 0.1) is 19.7 Å². The third-order valence-electron chi connectivity index (χ3n) is 4.52. The molecule has 0 amide bonds. The summed E-state index contributed by atoms with van der Waals surface area (Å²) in [5, 5.41) is 2.97. The molecule has 6 heteroatoms. The van der Waals surface area contributed by atoms with Crippen molar-refractivity contribution in [3.63, 3.8) is 0 Å². The molecule has 2 N–H and O–H groups in total. The first-order chi connectivity index (χ1) is 14.3. The summed E-state index contributed by atoms with van der Waals surface area (Å²) in [4.78, 5) is 24.7. The highest BCUT2D eigenvalue weighted by Crippen LogP contribution is 2.22. The van der Waals surface area contributed by atoms with E-state index in [1.54, 1.807) is 6.07 Å². The maximum absolute atomic E-state index is 13.5. The molecule has 3 rings (SSSR count). The predicted octanol–water partition coefficient (Wildman–Crippen LogP) is 4.49. The Morgan fingerprint density at radius 1 is 1.13 bits per heavy atom. The molecule has 1 atom stereocenters. The van der Waals surface area contributed by atoms with Crippen LogP contribution < -0.4 is 15.6 Å². The molecule has 3 aromatic rings. The lowest BCUT2D eigenvalue weighted by atomic mass is 10.1. The minimum atomic E-state index is -0.522. The fourth-order valence-corrected chi connectivity index (χ4v) is 2.94. The van der Waals surface area contributed by atoms with Crippen LogP contribution in [0.25, 0.3) is 0 Å². The van der Waals surface area contributed by atoms with Crippen LogP contribution in [0.15, 0.2) is 59.4 Å². The SMILES string of the molecule is CC(Oc1ccccc1)c1ccc(C=O)c(F)c1.CNCc1c(C)cc(C)[nH]c1=O. The van der Waals surface area contributed by atoms with Crippen molar-refractivity contribution in [2.75, 3.05) is 7.05 Å². The summed E-state index contributed by atoms with van der Waals surface area (Å²) < 4.78 is 19.1. The van der Waals surface area contributed by atoms with Gasteiger partial charge in [0.15, 0.2) is 6.29 Å². The van der Waals surface area contributed by atoms with E-state index in [0.717, 1.165) is 22.6 Å². The first-order valence-corrected chi connectivity index (χ1v) is 9.66. The number of aryl methyl sites for hydroxylation is 2. The molecule has 0 aliphatic carbocycles. The summed E-state index contributed by atoms with van der Waals surface area (Å²) in [5.74, 6) is 0.205. The van der Waals surface area contributed by atoms with E-state index >= 15 is 0 Å². The number of benzene rings is 2. The van der Waals surface area contributed by atoms with Gasteiger partial charge in [0.25, 0.3) is 5.56 Å². The predicted molar refractivity (Wildman–Crippen MR) is 117 cm³/mol. The van der Waals surface area contributed by atoms with Gasteiger partial charge >= 0.3 is 0 Å². The Morgan fingerprint density at radius 3 is 2.40 bits per heavy atom. The molecule has 158 valence electrons. The fourth-order valence-electron chi connectivity index (χ4n) is 2.94. The number of para-hydroxylation sites is 1. The Kier molecular flexibility index (Phi) is 8.50. The molecule has 30 heavy (non-hydrogen) atoms. The quantitative estimate of drug-likeness (QED) is 0.588. The van der Waals surface area contributed by atoms with Crippen molar-refractivity contribution in [1.82, 2.24) is 10.3 Å². The number of aromatic amines is 1. The van der Waals surface area contributed by atoms with Crippen molar-refractivity contribution in [3.8, 4) is 5.75 Å². The highest BCUT2D eigenvalue weighted by atomic mass is 19.1. The van der Waals surface area contributed by atoms with E-state index in [1.165, 1.54) is 12.1 Å². The highest BCUT2D eigenvalue weighted by Gasteiger charge is 2.10. The number of hydrogen-bond acceptors (Lipinski definition) is 4. The number of carbonyl (C=O) groups excluding carboxylic acids is 1. The van der Waals surface area contributed by atoms with Gasteiger partial charge in [-0.1, -0.05) is 24.3 Å². The molecule has 1 aromatic heterocycles. The van der Waals surface area contributed by atoms with Gasteiger partial charge in [0.1, 0.15) is 17.7 Å². The molecule has 1 unspecified atom stereocenters. The number of ether oxygens (including phenoxy) is 1. The number of rotatable bonds is 6. The number of nitrogens with one attached hydrogen (secondary N) is 2. The van der Waals surface area contributed by atoms with Crippen molar-refractivity contribution in [2.45, 2.75) is 33.4 Å². The van der Waals surface area contributed by atoms with E-state index in [0.29, 0.717) is 18.4 Å². The number of carbonyl (C=O) groups is 1. The molecular formula is C24H27FN2O3. The maximum Gasteiger partial charge on any atom is 0.252 e. The zero-order chi connectivity index (χ0) is 22.1. The van der Waals surface area contributed by atoms with Crippen LogP contribution in [0.4, 0.5) is 4.39 Å². The molecule has 0 saturated carbocycles. The van der Waals surface area contributed by atoms with Crippen LogP contribution in [-0.2, 0) is 6.54 Å². The van der Waals surface area contributed by atoms with Crippen molar-refractivity contribution in [1.29, 1.82) is 0 Å². The summed E-state index contributed by atoms with van der Waals surface area (Å²) >= 11 is 0. The van der Waals surface area contributed by atoms with Gasteiger partial charge in [0, 0.05) is 17.8 Å². The molecule has 0 aliphatic heterocycles. The third kappa shape index (κ3) is 6.39. The Labute approximate surface area is 175 Å². The van der Waals surface area contributed by atoms with Gasteiger partial charge in [-0.15, -0.1) is 0 Å². The van der Waals surface area contributed by atoms with E-state index in [4.69, 9.17) is 4.74 Å². The number of halogens is 1. The van der Waals surface area contributed by atoms with E-state index < -0.39 is 5.82 Å². The van der Waals surface area contributed by atoms with Crippen LogP contribution in [0.5, 0.6) is 5.75 Å². The van der Waals surface area contributed by atoms with Crippen molar-refractivity contribution < 1.29 is 13.9 Å². The van der Waals surface area contributed by atoms with Crippen molar-refractivity contribution >= 4 is 6.29 Å². The monoisotopic (exact) mass is 410 g/mol. The molecule has 5 nitrogen and oxygen atoms in total. The van der Waals surface area contributed by atoms with Crippen LogP contribution >= 0.6 is 0 Å². The van der Waals surface area contributed by atoms with Crippen molar-refractivity contribution in [3.05, 3.63) is 98.7 Å². The second kappa shape index (κ2) is 11.1. The van der Waals surface area contributed by atoms with E-state index in [9.17, 15) is 14.0 Å². The summed E-state index contributed by atoms with van der Waals surface area (Å²) in [5.41, 5.74) is 3.56. The Bertz CT molecular complexity index is 1030. The van der Waals surface area contributed by atoms with Gasteiger partial charge < -0.3 is 15.0 Å². The van der Waals surface area contributed by atoms with Crippen LogP contribution in [0.1, 0.15) is 45.8 Å². The molecule has 0 spiro atoms. The highest BCUT2D eigenvalue weighted by molar-refractivity contribution is 5.75. The smallest absolute Gasteiger partial charge is 0.252 e. The molecule has 0 radical (unpaired) electrons. The van der Waals surface area contributed by atoms with Gasteiger partial charge in [-0.3, -0.25) is 9.59 Å². The van der Waals surface area contributed by atoms with Crippen LogP contribution in [-0.4, -0.2) is 18.3 Å².